The lowest BCUT2D eigenvalue weighted by Gasteiger charge is -2.21. The van der Waals surface area contributed by atoms with E-state index in [1.165, 1.54) is 10.2 Å². The van der Waals surface area contributed by atoms with Gasteiger partial charge in [-0.15, -0.1) is 15.3 Å². The van der Waals surface area contributed by atoms with Crippen LogP contribution in [-0.4, -0.2) is 42.3 Å². The van der Waals surface area contributed by atoms with Crippen LogP contribution in [0.1, 0.15) is 49.8 Å². The van der Waals surface area contributed by atoms with Crippen molar-refractivity contribution in [2.75, 3.05) is 17.6 Å². The van der Waals surface area contributed by atoms with Crippen molar-refractivity contribution in [2.24, 2.45) is 0 Å². The number of nitrogens with one attached hydrogen (secondary N) is 1. The van der Waals surface area contributed by atoms with E-state index in [9.17, 15) is 4.79 Å². The Labute approximate surface area is 216 Å². The summed E-state index contributed by atoms with van der Waals surface area (Å²) >= 11 is 0. The van der Waals surface area contributed by atoms with Gasteiger partial charge in [-0.1, -0.05) is 49.7 Å². The largest absolute Gasteiger partial charge is 0.368 e. The van der Waals surface area contributed by atoms with Crippen molar-refractivity contribution in [3.05, 3.63) is 71.3 Å². The molecule has 37 heavy (non-hydrogen) atoms. The zero-order valence-electron chi connectivity index (χ0n) is 21.3. The first kappa shape index (κ1) is 24.4. The molecule has 0 spiro atoms. The predicted octanol–water partition coefficient (Wildman–Crippen LogP) is 4.69. The average Bonchev–Trinajstić information content (AvgIpc) is 3.16. The molecule has 1 aliphatic carbocycles. The number of carbonyl (C=O) groups excluding carboxylic acids is 1. The molecule has 2 aromatic heterocycles. The molecular formula is C28H32N8O. The van der Waals surface area contributed by atoms with Gasteiger partial charge in [-0.25, -0.2) is 0 Å². The molecule has 3 N–H and O–H groups in total. The first-order chi connectivity index (χ1) is 18.0. The molecule has 190 valence electrons. The standard InChI is InChI=1S/C28H32N8O/c1-3-4-16-35(19(2)37)18-20-12-14-23(15-13-20)30-28-31-27(29)36(34-28)25-17-22-10-7-9-21-8-5-6-11-24(21)26(22)33-32-25/h5-6,8,11-15,17H,3-4,7,9-10,16,18H2,1-2H3,(H3,29,30,31,34). The third-order valence-electron chi connectivity index (χ3n) is 6.68. The van der Waals surface area contributed by atoms with Crippen molar-refractivity contribution in [3.8, 4) is 17.1 Å². The highest BCUT2D eigenvalue weighted by molar-refractivity contribution is 5.73. The Kier molecular flexibility index (Phi) is 7.11. The van der Waals surface area contributed by atoms with Gasteiger partial charge in [0.2, 0.25) is 17.8 Å². The molecule has 9 nitrogen and oxygen atoms in total. The maximum absolute atomic E-state index is 11.9. The topological polar surface area (TPSA) is 115 Å². The van der Waals surface area contributed by atoms with Crippen LogP contribution in [0.25, 0.3) is 17.1 Å². The van der Waals surface area contributed by atoms with Crippen LogP contribution in [0.2, 0.25) is 0 Å². The van der Waals surface area contributed by atoms with Gasteiger partial charge < -0.3 is 16.0 Å². The van der Waals surface area contributed by atoms with E-state index in [2.05, 4.69) is 50.7 Å². The number of carbonyl (C=O) groups is 1. The summed E-state index contributed by atoms with van der Waals surface area (Å²) in [5.41, 5.74) is 12.6. The van der Waals surface area contributed by atoms with Crippen LogP contribution >= 0.6 is 0 Å². The molecule has 0 aliphatic heterocycles. The maximum Gasteiger partial charge on any atom is 0.248 e. The van der Waals surface area contributed by atoms with Gasteiger partial charge in [-0.3, -0.25) is 4.79 Å². The summed E-state index contributed by atoms with van der Waals surface area (Å²) in [4.78, 5) is 18.2. The summed E-state index contributed by atoms with van der Waals surface area (Å²) in [7, 11) is 0. The Balaban J connectivity index is 1.31. The second-order valence-electron chi connectivity index (χ2n) is 9.41. The fourth-order valence-electron chi connectivity index (χ4n) is 4.66. The highest BCUT2D eigenvalue weighted by atomic mass is 16.2. The SMILES string of the molecule is CCCCN(Cc1ccc(Nc2nc(N)n(-c3cc4c(nn3)-c3ccccc3CCC4)n2)cc1)C(C)=O. The van der Waals surface area contributed by atoms with E-state index < -0.39 is 0 Å². The molecule has 2 heterocycles. The quantitative estimate of drug-likeness (QED) is 0.364. The van der Waals surface area contributed by atoms with E-state index in [0.717, 1.165) is 66.7 Å². The summed E-state index contributed by atoms with van der Waals surface area (Å²) in [6.45, 7) is 5.10. The van der Waals surface area contributed by atoms with Crippen molar-refractivity contribution in [1.29, 1.82) is 0 Å². The van der Waals surface area contributed by atoms with Crippen molar-refractivity contribution in [2.45, 2.75) is 52.5 Å². The molecule has 0 radical (unpaired) electrons. The second kappa shape index (κ2) is 10.8. The van der Waals surface area contributed by atoms with E-state index in [1.54, 1.807) is 6.92 Å². The first-order valence-electron chi connectivity index (χ1n) is 12.8. The molecule has 0 bridgehead atoms. The molecule has 4 aromatic rings. The van der Waals surface area contributed by atoms with Crippen LogP contribution in [0.4, 0.5) is 17.6 Å². The number of unbranched alkanes of at least 4 members (excludes halogenated alkanes) is 1. The Bertz CT molecular complexity index is 1400. The van der Waals surface area contributed by atoms with E-state index in [4.69, 9.17) is 5.73 Å². The molecule has 0 saturated heterocycles. The summed E-state index contributed by atoms with van der Waals surface area (Å²) in [6, 6.07) is 18.3. The molecule has 9 heteroatoms. The van der Waals surface area contributed by atoms with Crippen molar-refractivity contribution >= 4 is 23.5 Å². The number of benzene rings is 2. The van der Waals surface area contributed by atoms with Crippen LogP contribution < -0.4 is 11.1 Å². The van der Waals surface area contributed by atoms with Gasteiger partial charge in [0.05, 0.1) is 5.69 Å². The van der Waals surface area contributed by atoms with Crippen molar-refractivity contribution in [3.63, 3.8) is 0 Å². The van der Waals surface area contributed by atoms with Crippen molar-refractivity contribution < 1.29 is 4.79 Å². The number of nitrogens with two attached hydrogens (primary N) is 1. The maximum atomic E-state index is 11.9. The Morgan fingerprint density at radius 2 is 1.86 bits per heavy atom. The molecule has 0 unspecified atom stereocenters. The number of fused-ring (bicyclic) bond motifs is 3. The second-order valence-corrected chi connectivity index (χ2v) is 9.41. The molecule has 2 aromatic carbocycles. The fourth-order valence-corrected chi connectivity index (χ4v) is 4.66. The summed E-state index contributed by atoms with van der Waals surface area (Å²) in [6.07, 6.45) is 5.04. The number of rotatable bonds is 8. The van der Waals surface area contributed by atoms with E-state index >= 15 is 0 Å². The van der Waals surface area contributed by atoms with Gasteiger partial charge in [0, 0.05) is 31.3 Å². The normalized spacial score (nSPS) is 12.4. The third kappa shape index (κ3) is 5.45. The lowest BCUT2D eigenvalue weighted by Crippen LogP contribution is -2.29. The molecule has 0 fully saturated rings. The lowest BCUT2D eigenvalue weighted by atomic mass is 10.0. The van der Waals surface area contributed by atoms with Gasteiger partial charge >= 0.3 is 0 Å². The highest BCUT2D eigenvalue weighted by Crippen LogP contribution is 2.31. The van der Waals surface area contributed by atoms with Crippen LogP contribution in [0.15, 0.2) is 54.6 Å². The summed E-state index contributed by atoms with van der Waals surface area (Å²) in [5.74, 6) is 1.24. The number of aryl methyl sites for hydroxylation is 2. The number of hydrogen-bond acceptors (Lipinski definition) is 7. The Morgan fingerprint density at radius 3 is 2.65 bits per heavy atom. The van der Waals surface area contributed by atoms with Gasteiger partial charge in [-0.2, -0.15) is 9.67 Å². The minimum atomic E-state index is 0.0889. The minimum absolute atomic E-state index is 0.0889. The van der Waals surface area contributed by atoms with Crippen LogP contribution in [0.3, 0.4) is 0 Å². The number of hydrogen-bond donors (Lipinski definition) is 2. The fraction of sp³-hybridized carbons (Fsp3) is 0.321. The molecule has 0 saturated carbocycles. The Hall–Kier alpha value is -4.27. The van der Waals surface area contributed by atoms with Gasteiger partial charge in [0.15, 0.2) is 5.82 Å². The minimum Gasteiger partial charge on any atom is -0.368 e. The van der Waals surface area contributed by atoms with E-state index in [1.807, 2.05) is 41.3 Å². The van der Waals surface area contributed by atoms with Crippen LogP contribution in [-0.2, 0) is 24.2 Å². The van der Waals surface area contributed by atoms with Crippen LogP contribution in [0.5, 0.6) is 0 Å². The average molecular weight is 497 g/mol. The molecule has 1 aliphatic rings. The van der Waals surface area contributed by atoms with E-state index in [0.29, 0.717) is 18.3 Å². The summed E-state index contributed by atoms with van der Waals surface area (Å²) < 4.78 is 1.51. The predicted molar refractivity (Wildman–Crippen MR) is 145 cm³/mol. The van der Waals surface area contributed by atoms with E-state index in [-0.39, 0.29) is 11.9 Å². The van der Waals surface area contributed by atoms with Gasteiger partial charge in [-0.05, 0) is 60.6 Å². The highest BCUT2D eigenvalue weighted by Gasteiger charge is 2.19. The monoisotopic (exact) mass is 496 g/mol. The third-order valence-corrected chi connectivity index (χ3v) is 6.68. The molecule has 1 amide bonds. The zero-order chi connectivity index (χ0) is 25.8. The van der Waals surface area contributed by atoms with Gasteiger partial charge in [0.25, 0.3) is 0 Å². The first-order valence-corrected chi connectivity index (χ1v) is 12.8. The number of nitrogen functional groups attached to an aromatic ring is 1. The van der Waals surface area contributed by atoms with Gasteiger partial charge in [0.1, 0.15) is 0 Å². The zero-order valence-corrected chi connectivity index (χ0v) is 21.3. The Morgan fingerprint density at radius 1 is 1.08 bits per heavy atom. The van der Waals surface area contributed by atoms with Crippen LogP contribution in [0, 0.1) is 0 Å². The number of amides is 1. The number of anilines is 3. The number of aromatic nitrogens is 5. The van der Waals surface area contributed by atoms with Crippen molar-refractivity contribution in [1.82, 2.24) is 29.9 Å². The molecule has 5 rings (SSSR count). The lowest BCUT2D eigenvalue weighted by molar-refractivity contribution is -0.129. The smallest absolute Gasteiger partial charge is 0.248 e. The molecular weight excluding hydrogens is 464 g/mol. The molecule has 0 atom stereocenters. The number of nitrogens with zero attached hydrogens (tertiary/aromatic N) is 6. The summed E-state index contributed by atoms with van der Waals surface area (Å²) in [5, 5.41) is 16.7.